The van der Waals surface area contributed by atoms with Crippen LogP contribution < -0.4 is 4.74 Å². The minimum absolute atomic E-state index is 0.0179. The number of nitrogens with zero attached hydrogens (tertiary/aromatic N) is 2. The molecule has 0 saturated carbocycles. The Kier molecular flexibility index (Phi) is 2.76. The van der Waals surface area contributed by atoms with Crippen molar-refractivity contribution in [2.24, 2.45) is 0 Å². The van der Waals surface area contributed by atoms with Gasteiger partial charge in [-0.25, -0.2) is 9.97 Å². The van der Waals surface area contributed by atoms with Gasteiger partial charge in [0.2, 0.25) is 5.78 Å². The van der Waals surface area contributed by atoms with E-state index in [1.165, 1.54) is 0 Å². The third-order valence-corrected chi connectivity index (χ3v) is 3.04. The molecule has 1 aliphatic carbocycles. The van der Waals surface area contributed by atoms with E-state index >= 15 is 0 Å². The molecule has 90 valence electrons. The summed E-state index contributed by atoms with van der Waals surface area (Å²) < 4.78 is 5.55. The van der Waals surface area contributed by atoms with Crippen LogP contribution in [0.4, 0.5) is 0 Å². The normalized spacial score (nSPS) is 18.2. The van der Waals surface area contributed by atoms with Crippen LogP contribution in [0.15, 0.2) is 42.7 Å². The van der Waals surface area contributed by atoms with Gasteiger partial charge in [-0.3, -0.25) is 4.79 Å². The summed E-state index contributed by atoms with van der Waals surface area (Å²) in [7, 11) is 0. The molecule has 0 N–H and O–H groups in total. The Morgan fingerprint density at radius 3 is 2.72 bits per heavy atom. The van der Waals surface area contributed by atoms with Crippen molar-refractivity contribution in [1.82, 2.24) is 9.97 Å². The first-order valence-electron chi connectivity index (χ1n) is 5.90. The van der Waals surface area contributed by atoms with Crippen LogP contribution in [0, 0.1) is 0 Å². The Bertz CT molecular complexity index is 569. The maximum absolute atomic E-state index is 12.2. The van der Waals surface area contributed by atoms with Crippen LogP contribution in [-0.4, -0.2) is 21.9 Å². The van der Waals surface area contributed by atoms with Crippen molar-refractivity contribution in [2.75, 3.05) is 0 Å². The number of benzene rings is 1. The first-order valence-corrected chi connectivity index (χ1v) is 5.90. The molecule has 3 rings (SSSR count). The van der Waals surface area contributed by atoms with Crippen LogP contribution in [0.3, 0.4) is 0 Å². The topological polar surface area (TPSA) is 52.1 Å². The number of ether oxygens (including phenoxy) is 1. The molecule has 1 unspecified atom stereocenters. The zero-order chi connectivity index (χ0) is 12.4. The molecule has 0 radical (unpaired) electrons. The summed E-state index contributed by atoms with van der Waals surface area (Å²) in [6, 6.07) is 9.63. The van der Waals surface area contributed by atoms with Gasteiger partial charge in [0.05, 0.1) is 0 Å². The molecule has 0 amide bonds. The molecule has 1 aromatic carbocycles. The van der Waals surface area contributed by atoms with Gasteiger partial charge in [0.25, 0.3) is 0 Å². The van der Waals surface area contributed by atoms with Gasteiger partial charge >= 0.3 is 6.01 Å². The summed E-state index contributed by atoms with van der Waals surface area (Å²) >= 11 is 0. The third-order valence-electron chi connectivity index (χ3n) is 3.04. The molecule has 1 aliphatic rings. The number of hydrogen-bond acceptors (Lipinski definition) is 4. The van der Waals surface area contributed by atoms with E-state index in [1.54, 1.807) is 18.5 Å². The monoisotopic (exact) mass is 240 g/mol. The van der Waals surface area contributed by atoms with Crippen LogP contribution in [0.2, 0.25) is 0 Å². The molecule has 4 nitrogen and oxygen atoms in total. The Labute approximate surface area is 105 Å². The van der Waals surface area contributed by atoms with E-state index in [-0.39, 0.29) is 11.8 Å². The van der Waals surface area contributed by atoms with Crippen LogP contribution in [0.1, 0.15) is 22.3 Å². The lowest BCUT2D eigenvalue weighted by Gasteiger charge is -2.22. The summed E-state index contributed by atoms with van der Waals surface area (Å²) in [6.45, 7) is 0. The molecule has 0 spiro atoms. The van der Waals surface area contributed by atoms with E-state index < -0.39 is 6.10 Å². The highest BCUT2D eigenvalue weighted by Crippen LogP contribution is 2.23. The molecular formula is C14H12N2O2. The number of fused-ring (bicyclic) bond motifs is 1. The van der Waals surface area contributed by atoms with Crippen LogP contribution in [0.5, 0.6) is 6.01 Å². The van der Waals surface area contributed by atoms with E-state index in [9.17, 15) is 4.79 Å². The quantitative estimate of drug-likeness (QED) is 0.806. The SMILES string of the molecule is O=C1c2ccccc2CCC1Oc1ncccn1. The smallest absolute Gasteiger partial charge is 0.317 e. The lowest BCUT2D eigenvalue weighted by atomic mass is 9.89. The summed E-state index contributed by atoms with van der Waals surface area (Å²) in [4.78, 5) is 20.2. The minimum atomic E-state index is -0.470. The number of aromatic nitrogens is 2. The highest BCUT2D eigenvalue weighted by atomic mass is 16.5. The second kappa shape index (κ2) is 4.56. The largest absolute Gasteiger partial charge is 0.452 e. The average molecular weight is 240 g/mol. The number of aryl methyl sites for hydroxylation is 1. The van der Waals surface area contributed by atoms with Gasteiger partial charge in [-0.2, -0.15) is 0 Å². The predicted molar refractivity (Wildman–Crippen MR) is 65.5 cm³/mol. The van der Waals surface area contributed by atoms with E-state index in [0.717, 1.165) is 17.5 Å². The second-order valence-electron chi connectivity index (χ2n) is 4.20. The van der Waals surface area contributed by atoms with Crippen molar-refractivity contribution in [1.29, 1.82) is 0 Å². The average Bonchev–Trinajstić information content (AvgIpc) is 2.43. The zero-order valence-electron chi connectivity index (χ0n) is 9.74. The van der Waals surface area contributed by atoms with Crippen molar-refractivity contribution in [3.05, 3.63) is 53.9 Å². The lowest BCUT2D eigenvalue weighted by Crippen LogP contribution is -2.33. The van der Waals surface area contributed by atoms with E-state index in [1.807, 2.05) is 24.3 Å². The molecular weight excluding hydrogens is 228 g/mol. The first-order chi connectivity index (χ1) is 8.84. The Hall–Kier alpha value is -2.23. The lowest BCUT2D eigenvalue weighted by molar-refractivity contribution is 0.0743. The molecule has 0 bridgehead atoms. The van der Waals surface area contributed by atoms with Crippen LogP contribution in [-0.2, 0) is 6.42 Å². The molecule has 1 atom stereocenters. The number of ketones is 1. The highest BCUT2D eigenvalue weighted by Gasteiger charge is 2.29. The molecule has 1 heterocycles. The summed E-state index contributed by atoms with van der Waals surface area (Å²) in [5, 5.41) is 0. The Balaban J connectivity index is 1.83. The number of hydrogen-bond donors (Lipinski definition) is 0. The van der Waals surface area contributed by atoms with Gasteiger partial charge in [0.15, 0.2) is 6.10 Å². The maximum Gasteiger partial charge on any atom is 0.317 e. The first kappa shape index (κ1) is 10.9. The molecule has 0 aliphatic heterocycles. The van der Waals surface area contributed by atoms with Crippen molar-refractivity contribution in [3.8, 4) is 6.01 Å². The van der Waals surface area contributed by atoms with Gasteiger partial charge < -0.3 is 4.74 Å². The van der Waals surface area contributed by atoms with E-state index in [2.05, 4.69) is 9.97 Å². The van der Waals surface area contributed by atoms with Crippen LogP contribution in [0.25, 0.3) is 0 Å². The number of rotatable bonds is 2. The highest BCUT2D eigenvalue weighted by molar-refractivity contribution is 6.01. The van der Waals surface area contributed by atoms with Gasteiger partial charge in [-0.15, -0.1) is 0 Å². The Morgan fingerprint density at radius 1 is 1.11 bits per heavy atom. The molecule has 2 aromatic rings. The van der Waals surface area contributed by atoms with Crippen molar-refractivity contribution in [3.63, 3.8) is 0 Å². The zero-order valence-corrected chi connectivity index (χ0v) is 9.74. The maximum atomic E-state index is 12.2. The van der Waals surface area contributed by atoms with E-state index in [4.69, 9.17) is 4.74 Å². The fourth-order valence-electron chi connectivity index (χ4n) is 2.16. The minimum Gasteiger partial charge on any atom is -0.452 e. The summed E-state index contributed by atoms with van der Waals surface area (Å²) in [5.41, 5.74) is 1.85. The summed E-state index contributed by atoms with van der Waals surface area (Å²) in [6.07, 6.45) is 4.25. The fraction of sp³-hybridized carbons (Fsp3) is 0.214. The molecule has 0 saturated heterocycles. The van der Waals surface area contributed by atoms with Crippen LogP contribution >= 0.6 is 0 Å². The Morgan fingerprint density at radius 2 is 1.89 bits per heavy atom. The number of carbonyl (C=O) groups excluding carboxylic acids is 1. The second-order valence-corrected chi connectivity index (χ2v) is 4.20. The number of Topliss-reactive ketones (excluding diaryl/α,β-unsaturated/α-hetero) is 1. The van der Waals surface area contributed by atoms with Gasteiger partial charge in [0.1, 0.15) is 0 Å². The predicted octanol–water partition coefficient (Wildman–Crippen LogP) is 2.05. The van der Waals surface area contributed by atoms with Gasteiger partial charge in [-0.1, -0.05) is 24.3 Å². The van der Waals surface area contributed by atoms with Gasteiger partial charge in [0, 0.05) is 18.0 Å². The fourth-order valence-corrected chi connectivity index (χ4v) is 2.16. The molecule has 18 heavy (non-hydrogen) atoms. The molecule has 1 aromatic heterocycles. The molecule has 0 fully saturated rings. The van der Waals surface area contributed by atoms with Crippen molar-refractivity contribution in [2.45, 2.75) is 18.9 Å². The number of carbonyl (C=O) groups is 1. The van der Waals surface area contributed by atoms with Gasteiger partial charge in [-0.05, 0) is 24.5 Å². The molecule has 4 heteroatoms. The van der Waals surface area contributed by atoms with Crippen molar-refractivity contribution < 1.29 is 9.53 Å². The summed E-state index contributed by atoms with van der Waals surface area (Å²) in [5.74, 6) is 0.0179. The third kappa shape index (κ3) is 1.97. The standard InChI is InChI=1S/C14H12N2O2/c17-13-11-5-2-1-4-10(11)6-7-12(13)18-14-15-8-3-9-16-14/h1-5,8-9,12H,6-7H2. The van der Waals surface area contributed by atoms with E-state index in [0.29, 0.717) is 6.42 Å². The van der Waals surface area contributed by atoms with Crippen molar-refractivity contribution >= 4 is 5.78 Å².